The topological polar surface area (TPSA) is 49.8 Å². The molecule has 0 spiro atoms. The fourth-order valence-electron chi connectivity index (χ4n) is 2.07. The molecule has 1 aromatic rings. The third-order valence-electron chi connectivity index (χ3n) is 2.93. The zero-order valence-corrected chi connectivity index (χ0v) is 13.8. The minimum atomic E-state index is 0. The van der Waals surface area contributed by atoms with Gasteiger partial charge in [-0.25, -0.2) is 4.98 Å². The number of aliphatic imine (C=N–C) groups is 1. The minimum absolute atomic E-state index is 0. The Hall–Kier alpha value is -1.49. The zero-order valence-electron chi connectivity index (χ0n) is 11.5. The van der Waals surface area contributed by atoms with Gasteiger partial charge in [0.2, 0.25) is 5.88 Å². The molecular weight excluding hydrogens is 367 g/mol. The van der Waals surface area contributed by atoms with Crippen molar-refractivity contribution in [3.05, 3.63) is 24.4 Å². The molecule has 0 bridgehead atoms. The molecular formula is C14H19IN4O. The Balaban J connectivity index is 0.00000200. The zero-order chi connectivity index (χ0) is 13.5. The van der Waals surface area contributed by atoms with Crippen molar-refractivity contribution in [1.29, 1.82) is 0 Å². The highest BCUT2D eigenvalue weighted by Gasteiger charge is 2.26. The summed E-state index contributed by atoms with van der Waals surface area (Å²) in [5.74, 6) is 4.04. The van der Waals surface area contributed by atoms with E-state index in [0.29, 0.717) is 12.4 Å². The van der Waals surface area contributed by atoms with E-state index in [-0.39, 0.29) is 30.1 Å². The maximum atomic E-state index is 5.83. The van der Waals surface area contributed by atoms with Crippen LogP contribution in [0.5, 0.6) is 5.88 Å². The second kappa shape index (κ2) is 8.64. The lowest BCUT2D eigenvalue weighted by Crippen LogP contribution is -2.41. The molecule has 5 nitrogen and oxygen atoms in total. The monoisotopic (exact) mass is 386 g/mol. The molecule has 1 fully saturated rings. The van der Waals surface area contributed by atoms with Gasteiger partial charge in [0.25, 0.3) is 0 Å². The third-order valence-corrected chi connectivity index (χ3v) is 2.93. The minimum Gasteiger partial charge on any atom is -0.472 e. The fraction of sp³-hybridized carbons (Fsp3) is 0.429. The maximum Gasteiger partial charge on any atom is 0.213 e. The van der Waals surface area contributed by atoms with Gasteiger partial charge in [-0.3, -0.25) is 4.99 Å². The molecule has 0 aliphatic carbocycles. The van der Waals surface area contributed by atoms with Crippen molar-refractivity contribution in [2.45, 2.75) is 12.5 Å². The van der Waals surface area contributed by atoms with E-state index < -0.39 is 0 Å². The van der Waals surface area contributed by atoms with E-state index >= 15 is 0 Å². The van der Waals surface area contributed by atoms with E-state index in [1.54, 1.807) is 13.2 Å². The third kappa shape index (κ3) is 4.56. The van der Waals surface area contributed by atoms with Crippen LogP contribution in [0.1, 0.15) is 6.42 Å². The average Bonchev–Trinajstić information content (AvgIpc) is 2.89. The lowest BCUT2D eigenvalue weighted by Gasteiger charge is -2.20. The molecule has 6 heteroatoms. The lowest BCUT2D eigenvalue weighted by molar-refractivity contribution is 0.205. The molecule has 0 amide bonds. The molecule has 0 aromatic carbocycles. The van der Waals surface area contributed by atoms with Crippen molar-refractivity contribution in [2.75, 3.05) is 26.7 Å². The van der Waals surface area contributed by atoms with Crippen LogP contribution < -0.4 is 10.1 Å². The molecule has 1 aromatic heterocycles. The summed E-state index contributed by atoms with van der Waals surface area (Å²) in [7, 11) is 1.76. The number of nitrogens with one attached hydrogen (secondary N) is 1. The van der Waals surface area contributed by atoms with Gasteiger partial charge in [0.15, 0.2) is 5.96 Å². The first-order chi connectivity index (χ1) is 9.33. The Morgan fingerprint density at radius 2 is 2.50 bits per heavy atom. The number of hydrogen-bond donors (Lipinski definition) is 1. The Morgan fingerprint density at radius 3 is 3.15 bits per heavy atom. The summed E-state index contributed by atoms with van der Waals surface area (Å²) in [6.07, 6.45) is 8.06. The molecule has 2 heterocycles. The van der Waals surface area contributed by atoms with Crippen LogP contribution in [-0.2, 0) is 0 Å². The fourth-order valence-corrected chi connectivity index (χ4v) is 2.07. The van der Waals surface area contributed by atoms with E-state index in [9.17, 15) is 0 Å². The Bertz CT molecular complexity index is 472. The predicted molar refractivity (Wildman–Crippen MR) is 90.5 cm³/mol. The number of aromatic nitrogens is 1. The largest absolute Gasteiger partial charge is 0.472 e. The second-order valence-electron chi connectivity index (χ2n) is 4.25. The van der Waals surface area contributed by atoms with Gasteiger partial charge in [-0.2, -0.15) is 0 Å². The van der Waals surface area contributed by atoms with Crippen LogP contribution in [0.15, 0.2) is 29.4 Å². The van der Waals surface area contributed by atoms with Crippen molar-refractivity contribution >= 4 is 29.9 Å². The van der Waals surface area contributed by atoms with Crippen molar-refractivity contribution < 1.29 is 4.74 Å². The lowest BCUT2D eigenvalue weighted by atomic mass is 10.3. The van der Waals surface area contributed by atoms with Gasteiger partial charge in [-0.15, -0.1) is 30.4 Å². The summed E-state index contributed by atoms with van der Waals surface area (Å²) >= 11 is 0. The first kappa shape index (κ1) is 16.6. The van der Waals surface area contributed by atoms with Gasteiger partial charge in [0, 0.05) is 32.3 Å². The number of hydrogen-bond acceptors (Lipinski definition) is 3. The van der Waals surface area contributed by atoms with E-state index in [1.807, 2.05) is 18.2 Å². The van der Waals surface area contributed by atoms with Crippen LogP contribution in [0.3, 0.4) is 0 Å². The Kier molecular flexibility index (Phi) is 7.15. The SMILES string of the molecule is C#CCNC(=NC)N1CCC(Oc2ccccn2)C1.I. The summed E-state index contributed by atoms with van der Waals surface area (Å²) in [4.78, 5) is 10.5. The first-order valence-corrected chi connectivity index (χ1v) is 6.30. The van der Waals surface area contributed by atoms with Gasteiger partial charge in [-0.05, 0) is 6.07 Å². The summed E-state index contributed by atoms with van der Waals surface area (Å²) < 4.78 is 5.83. The normalized spacial score (nSPS) is 18.1. The van der Waals surface area contributed by atoms with E-state index in [0.717, 1.165) is 25.5 Å². The van der Waals surface area contributed by atoms with Crippen molar-refractivity contribution in [3.8, 4) is 18.2 Å². The van der Waals surface area contributed by atoms with Crippen LogP contribution in [0.2, 0.25) is 0 Å². The van der Waals surface area contributed by atoms with Crippen LogP contribution in [0.25, 0.3) is 0 Å². The average molecular weight is 386 g/mol. The number of ether oxygens (including phenoxy) is 1. The van der Waals surface area contributed by atoms with E-state index in [2.05, 4.69) is 26.1 Å². The Morgan fingerprint density at radius 1 is 1.65 bits per heavy atom. The molecule has 1 atom stereocenters. The van der Waals surface area contributed by atoms with Gasteiger partial charge in [0.1, 0.15) is 6.10 Å². The standard InChI is InChI=1S/C14H18N4O.HI/c1-3-8-17-14(15-2)18-10-7-12(11-18)19-13-6-4-5-9-16-13;/h1,4-6,9,12H,7-8,10-11H2,2H3,(H,15,17);1H. The maximum absolute atomic E-state index is 5.83. The molecule has 1 saturated heterocycles. The molecule has 0 radical (unpaired) electrons. The number of guanidine groups is 1. The molecule has 1 aliphatic heterocycles. The van der Waals surface area contributed by atoms with Crippen LogP contribution in [0.4, 0.5) is 0 Å². The molecule has 2 rings (SSSR count). The van der Waals surface area contributed by atoms with Gasteiger partial charge >= 0.3 is 0 Å². The van der Waals surface area contributed by atoms with Crippen molar-refractivity contribution in [2.24, 2.45) is 4.99 Å². The second-order valence-corrected chi connectivity index (χ2v) is 4.25. The quantitative estimate of drug-likeness (QED) is 0.369. The van der Waals surface area contributed by atoms with Crippen LogP contribution in [0, 0.1) is 12.3 Å². The molecule has 1 unspecified atom stereocenters. The van der Waals surface area contributed by atoms with Gasteiger partial charge in [-0.1, -0.05) is 12.0 Å². The summed E-state index contributed by atoms with van der Waals surface area (Å²) in [6, 6.07) is 5.66. The molecule has 108 valence electrons. The summed E-state index contributed by atoms with van der Waals surface area (Å²) in [5, 5.41) is 3.11. The van der Waals surface area contributed by atoms with Crippen LogP contribution in [-0.4, -0.2) is 48.6 Å². The predicted octanol–water partition coefficient (Wildman–Crippen LogP) is 1.36. The van der Waals surface area contributed by atoms with Crippen molar-refractivity contribution in [1.82, 2.24) is 15.2 Å². The van der Waals surface area contributed by atoms with Crippen LogP contribution >= 0.6 is 24.0 Å². The first-order valence-electron chi connectivity index (χ1n) is 6.30. The number of likely N-dealkylation sites (tertiary alicyclic amines) is 1. The molecule has 1 N–H and O–H groups in total. The highest BCUT2D eigenvalue weighted by Crippen LogP contribution is 2.15. The van der Waals surface area contributed by atoms with E-state index in [4.69, 9.17) is 11.2 Å². The number of terminal acetylenes is 1. The molecule has 0 saturated carbocycles. The summed E-state index contributed by atoms with van der Waals surface area (Å²) in [5.41, 5.74) is 0. The summed E-state index contributed by atoms with van der Waals surface area (Å²) in [6.45, 7) is 2.18. The number of rotatable bonds is 3. The number of halogens is 1. The van der Waals surface area contributed by atoms with Crippen molar-refractivity contribution in [3.63, 3.8) is 0 Å². The van der Waals surface area contributed by atoms with Gasteiger partial charge in [0.05, 0.1) is 13.1 Å². The molecule has 1 aliphatic rings. The smallest absolute Gasteiger partial charge is 0.213 e. The van der Waals surface area contributed by atoms with Gasteiger partial charge < -0.3 is 15.0 Å². The Labute approximate surface area is 136 Å². The number of pyridine rings is 1. The molecule has 20 heavy (non-hydrogen) atoms. The highest BCUT2D eigenvalue weighted by molar-refractivity contribution is 14.0. The number of nitrogens with zero attached hydrogens (tertiary/aromatic N) is 3. The van der Waals surface area contributed by atoms with E-state index in [1.165, 1.54) is 0 Å². The highest BCUT2D eigenvalue weighted by atomic mass is 127.